The summed E-state index contributed by atoms with van der Waals surface area (Å²) >= 11 is 0. The lowest BCUT2D eigenvalue weighted by atomic mass is 9.75. The summed E-state index contributed by atoms with van der Waals surface area (Å²) in [6.45, 7) is 4.85. The third kappa shape index (κ3) is 5.72. The number of hydrogen-bond donors (Lipinski definition) is 2. The van der Waals surface area contributed by atoms with Crippen molar-refractivity contribution in [3.63, 3.8) is 0 Å². The van der Waals surface area contributed by atoms with Crippen LogP contribution in [-0.4, -0.2) is 101 Å². The molecule has 4 fully saturated rings. The van der Waals surface area contributed by atoms with Crippen molar-refractivity contribution in [2.75, 3.05) is 64.1 Å². The molecule has 3 aliphatic heterocycles. The molecule has 0 radical (unpaired) electrons. The smallest absolute Gasteiger partial charge is 0.319 e. The van der Waals surface area contributed by atoms with E-state index in [2.05, 4.69) is 20.8 Å². The molecule has 10 nitrogen and oxygen atoms in total. The van der Waals surface area contributed by atoms with Gasteiger partial charge in [0, 0.05) is 54.8 Å². The Morgan fingerprint density at radius 1 is 1.04 bits per heavy atom. The fourth-order valence-corrected chi connectivity index (χ4v) is 8.44. The highest BCUT2D eigenvalue weighted by Crippen LogP contribution is 2.48. The number of rotatable bonds is 7. The van der Waals surface area contributed by atoms with Crippen molar-refractivity contribution in [2.24, 2.45) is 5.41 Å². The molecule has 0 spiro atoms. The van der Waals surface area contributed by atoms with Crippen LogP contribution in [0.15, 0.2) is 30.5 Å². The van der Waals surface area contributed by atoms with E-state index in [1.165, 1.54) is 30.5 Å². The molecule has 49 heavy (non-hydrogen) atoms. The molecule has 0 unspecified atom stereocenters. The summed E-state index contributed by atoms with van der Waals surface area (Å²) in [4.78, 5) is 18.4. The average molecular weight is 672 g/mol. The first kappa shape index (κ1) is 32.1. The number of β-amino-alcohol motifs (C(OH)–C–C–N with tert-alkyl or cyclic N) is 1. The molecule has 4 aliphatic rings. The summed E-state index contributed by atoms with van der Waals surface area (Å²) in [7, 11) is 0. The van der Waals surface area contributed by atoms with Crippen molar-refractivity contribution in [1.82, 2.24) is 19.9 Å². The monoisotopic (exact) mass is 671 g/mol. The Labute approximate surface area is 283 Å². The van der Waals surface area contributed by atoms with Crippen LogP contribution in [0.25, 0.3) is 32.9 Å². The molecule has 0 amide bonds. The van der Waals surface area contributed by atoms with Crippen LogP contribution >= 0.6 is 0 Å². The zero-order chi connectivity index (χ0) is 33.8. The van der Waals surface area contributed by atoms with Gasteiger partial charge in [0.15, 0.2) is 5.82 Å². The van der Waals surface area contributed by atoms with E-state index < -0.39 is 17.2 Å². The highest BCUT2D eigenvalue weighted by atomic mass is 19.1. The fourth-order valence-electron chi connectivity index (χ4n) is 8.44. The first-order valence-electron chi connectivity index (χ1n) is 17.1. The zero-order valence-corrected chi connectivity index (χ0v) is 27.3. The first-order chi connectivity index (χ1) is 23.8. The molecule has 2 aromatic heterocycles. The Bertz CT molecular complexity index is 1960. The number of pyridine rings is 1. The van der Waals surface area contributed by atoms with Gasteiger partial charge in [0.2, 0.25) is 0 Å². The van der Waals surface area contributed by atoms with Gasteiger partial charge in [0.25, 0.3) is 0 Å². The highest BCUT2D eigenvalue weighted by molar-refractivity contribution is 6.03. The van der Waals surface area contributed by atoms with Crippen LogP contribution in [0, 0.1) is 29.4 Å². The number of ether oxygens (including phenoxy) is 3. The lowest BCUT2D eigenvalue weighted by Crippen LogP contribution is -2.62. The van der Waals surface area contributed by atoms with Crippen molar-refractivity contribution in [3.8, 4) is 35.4 Å². The number of hydrogen-bond acceptors (Lipinski definition) is 10. The second-order valence-corrected chi connectivity index (χ2v) is 14.0. The molecule has 2 aromatic carbocycles. The summed E-state index contributed by atoms with van der Waals surface area (Å²) in [5, 5.41) is 22.6. The Morgan fingerprint density at radius 3 is 2.71 bits per heavy atom. The number of piperidine rings is 1. The predicted molar refractivity (Wildman–Crippen MR) is 180 cm³/mol. The van der Waals surface area contributed by atoms with Gasteiger partial charge < -0.3 is 29.3 Å². The predicted octanol–water partition coefficient (Wildman–Crippen LogP) is 4.81. The minimum absolute atomic E-state index is 0.00303. The largest absolute Gasteiger partial charge is 0.508 e. The van der Waals surface area contributed by atoms with Gasteiger partial charge in [-0.3, -0.25) is 9.88 Å². The molecule has 4 aromatic rings. The van der Waals surface area contributed by atoms with E-state index in [1.54, 1.807) is 0 Å². The van der Waals surface area contributed by atoms with Gasteiger partial charge in [-0.2, -0.15) is 9.97 Å². The number of terminal acetylenes is 1. The number of aromatic nitrogens is 3. The summed E-state index contributed by atoms with van der Waals surface area (Å²) < 4.78 is 49.3. The van der Waals surface area contributed by atoms with E-state index in [0.29, 0.717) is 69.3 Å². The van der Waals surface area contributed by atoms with E-state index in [4.69, 9.17) is 25.6 Å². The molecular weight excluding hydrogens is 632 g/mol. The third-order valence-electron chi connectivity index (χ3n) is 10.8. The lowest BCUT2D eigenvalue weighted by Gasteiger charge is -2.49. The minimum atomic E-state index is -0.809. The maximum Gasteiger partial charge on any atom is 0.319 e. The molecule has 1 saturated carbocycles. The number of aromatic hydroxyl groups is 1. The van der Waals surface area contributed by atoms with E-state index in [1.807, 2.05) is 4.90 Å². The van der Waals surface area contributed by atoms with Gasteiger partial charge in [-0.1, -0.05) is 18.4 Å². The van der Waals surface area contributed by atoms with E-state index >= 15 is 4.39 Å². The van der Waals surface area contributed by atoms with Gasteiger partial charge in [-0.15, -0.1) is 6.42 Å². The number of phenolic OH excluding ortho intramolecular Hbond substituents is 1. The lowest BCUT2D eigenvalue weighted by molar-refractivity contribution is -0.195. The number of phenols is 1. The van der Waals surface area contributed by atoms with Crippen LogP contribution in [-0.2, 0) is 9.47 Å². The Morgan fingerprint density at radius 2 is 1.90 bits per heavy atom. The second kappa shape index (κ2) is 12.6. The highest BCUT2D eigenvalue weighted by Gasteiger charge is 2.51. The maximum absolute atomic E-state index is 16.9. The van der Waals surface area contributed by atoms with Crippen LogP contribution in [0.2, 0.25) is 0 Å². The molecule has 2 atom stereocenters. The molecular formula is C37H39F2N5O5. The zero-order valence-electron chi connectivity index (χ0n) is 27.3. The maximum atomic E-state index is 16.9. The summed E-state index contributed by atoms with van der Waals surface area (Å²) in [5.74, 6) is 1.35. The van der Waals surface area contributed by atoms with Crippen molar-refractivity contribution < 1.29 is 33.2 Å². The van der Waals surface area contributed by atoms with E-state index in [-0.39, 0.29) is 50.9 Å². The van der Waals surface area contributed by atoms with Crippen molar-refractivity contribution in [3.05, 3.63) is 47.7 Å². The van der Waals surface area contributed by atoms with Gasteiger partial charge in [0.1, 0.15) is 34.2 Å². The number of aliphatic hydroxyl groups is 1. The second-order valence-electron chi connectivity index (χ2n) is 14.0. The Balaban J connectivity index is 1.20. The first-order valence-corrected chi connectivity index (χ1v) is 17.1. The van der Waals surface area contributed by atoms with Gasteiger partial charge in [-0.25, -0.2) is 8.78 Å². The number of anilines is 1. The molecule has 3 saturated heterocycles. The molecule has 0 bridgehead atoms. The SMILES string of the molecule is C#Cc1c(F)ccc2cc(O)cc(-c3ncc4c(N5CCCOCC5)nc(OC[C@]56CCC[C@H]5N(CC5(O)COC5)CCC6)nc4c3F)c12. The standard InChI is InChI=1S/C37H39F2N5O5/c1-2-25-28(38)8-7-23-16-24(45)17-26(30(23)25)32-31(39)33-27(18-40-32)34(43-12-5-14-47-15-13-43)42-35(41-33)49-20-36-9-3-6-29(36)44(11-4-10-36)19-37(46)21-48-22-37/h1,7-8,16-18,29,45-46H,3-6,9-15,19-22H2/t29-,36-/m1/s1. The van der Waals surface area contributed by atoms with E-state index in [0.717, 1.165) is 45.1 Å². The molecule has 5 heterocycles. The molecule has 2 N–H and O–H groups in total. The normalized spacial score (nSPS) is 24.0. The number of nitrogens with zero attached hydrogens (tertiary/aromatic N) is 5. The van der Waals surface area contributed by atoms with Gasteiger partial charge >= 0.3 is 6.01 Å². The minimum Gasteiger partial charge on any atom is -0.508 e. The molecule has 8 rings (SSSR count). The molecule has 12 heteroatoms. The van der Waals surface area contributed by atoms with Crippen LogP contribution in [0.4, 0.5) is 14.6 Å². The number of benzene rings is 2. The molecule has 1 aliphatic carbocycles. The van der Waals surface area contributed by atoms with Crippen molar-refractivity contribution in [1.29, 1.82) is 0 Å². The van der Waals surface area contributed by atoms with Crippen molar-refractivity contribution >= 4 is 27.5 Å². The summed E-state index contributed by atoms with van der Waals surface area (Å²) in [6.07, 6.45) is 13.0. The number of likely N-dealkylation sites (tertiary alicyclic amines) is 1. The van der Waals surface area contributed by atoms with Crippen LogP contribution in [0.1, 0.15) is 44.1 Å². The Hall–Kier alpha value is -4.15. The number of halogens is 2. The summed E-state index contributed by atoms with van der Waals surface area (Å²) in [6, 6.07) is 5.81. The van der Waals surface area contributed by atoms with Crippen molar-refractivity contribution in [2.45, 2.75) is 50.2 Å². The van der Waals surface area contributed by atoms with Crippen LogP contribution in [0.3, 0.4) is 0 Å². The van der Waals surface area contributed by atoms with E-state index in [9.17, 15) is 14.6 Å². The number of fused-ring (bicyclic) bond motifs is 3. The molecule has 256 valence electrons. The third-order valence-corrected chi connectivity index (χ3v) is 10.8. The average Bonchev–Trinajstić information content (AvgIpc) is 3.34. The summed E-state index contributed by atoms with van der Waals surface area (Å²) in [5.41, 5.74) is -0.970. The van der Waals surface area contributed by atoms with Crippen LogP contribution < -0.4 is 9.64 Å². The van der Waals surface area contributed by atoms with Gasteiger partial charge in [0.05, 0.1) is 37.4 Å². The quantitative estimate of drug-likeness (QED) is 0.266. The topological polar surface area (TPSA) is 113 Å². The van der Waals surface area contributed by atoms with Gasteiger partial charge in [-0.05, 0) is 62.2 Å². The fraction of sp³-hybridized carbons (Fsp3) is 0.486. The van der Waals surface area contributed by atoms with Crippen LogP contribution in [0.5, 0.6) is 11.8 Å². The Kier molecular flexibility index (Phi) is 8.27.